The van der Waals surface area contributed by atoms with Gasteiger partial charge in [-0.05, 0) is 43.9 Å². The Morgan fingerprint density at radius 1 is 1.46 bits per heavy atom. The molecule has 1 aromatic carbocycles. The second-order valence-electron chi connectivity index (χ2n) is 3.70. The fourth-order valence-corrected chi connectivity index (χ4v) is 1.74. The highest BCUT2D eigenvalue weighted by molar-refractivity contribution is 5.39. The summed E-state index contributed by atoms with van der Waals surface area (Å²) in [5.41, 5.74) is 1.98. The van der Waals surface area contributed by atoms with Crippen LogP contribution in [0.5, 0.6) is 5.75 Å². The van der Waals surface area contributed by atoms with Crippen molar-refractivity contribution in [3.05, 3.63) is 29.1 Å². The molecule has 1 aliphatic rings. The maximum Gasteiger partial charge on any atom is 0.165 e. The second-order valence-corrected chi connectivity index (χ2v) is 3.70. The minimum atomic E-state index is -0.221. The van der Waals surface area contributed by atoms with Crippen LogP contribution in [0.25, 0.3) is 0 Å². The van der Waals surface area contributed by atoms with E-state index in [2.05, 4.69) is 0 Å². The number of hydrogen-bond acceptors (Lipinski definition) is 1. The van der Waals surface area contributed by atoms with E-state index < -0.39 is 0 Å². The van der Waals surface area contributed by atoms with Gasteiger partial charge in [0.2, 0.25) is 0 Å². The summed E-state index contributed by atoms with van der Waals surface area (Å²) in [6, 6.07) is 3.53. The lowest BCUT2D eigenvalue weighted by molar-refractivity contribution is 0.183. The molecule has 0 radical (unpaired) electrons. The number of halogens is 1. The van der Waals surface area contributed by atoms with Crippen LogP contribution in [0.1, 0.15) is 24.5 Å². The highest BCUT2D eigenvalue weighted by Gasteiger charge is 2.19. The number of rotatable bonds is 0. The zero-order chi connectivity index (χ0) is 9.42. The Kier molecular flexibility index (Phi) is 1.98. The number of aryl methyl sites for hydroxylation is 2. The van der Waals surface area contributed by atoms with Crippen LogP contribution in [0.4, 0.5) is 4.39 Å². The van der Waals surface area contributed by atoms with Crippen molar-refractivity contribution in [1.29, 1.82) is 0 Å². The highest BCUT2D eigenvalue weighted by atomic mass is 19.1. The van der Waals surface area contributed by atoms with Crippen LogP contribution in [0, 0.1) is 12.7 Å². The molecule has 0 fully saturated rings. The average Bonchev–Trinajstić information content (AvgIpc) is 2.06. The van der Waals surface area contributed by atoms with Crippen molar-refractivity contribution < 1.29 is 9.13 Å². The van der Waals surface area contributed by atoms with Gasteiger partial charge in [0.15, 0.2) is 11.6 Å². The van der Waals surface area contributed by atoms with Crippen LogP contribution in [0.15, 0.2) is 12.1 Å². The minimum Gasteiger partial charge on any atom is -0.487 e. The molecule has 0 saturated carbocycles. The average molecular weight is 180 g/mol. The van der Waals surface area contributed by atoms with Gasteiger partial charge in [0.1, 0.15) is 0 Å². The quantitative estimate of drug-likeness (QED) is 0.596. The molecule has 2 heteroatoms. The predicted octanol–water partition coefficient (Wildman–Crippen LogP) is 2.85. The van der Waals surface area contributed by atoms with Crippen LogP contribution in [0.2, 0.25) is 0 Å². The van der Waals surface area contributed by atoms with Crippen LogP contribution >= 0.6 is 0 Å². The zero-order valence-electron chi connectivity index (χ0n) is 7.93. The maximum absolute atomic E-state index is 13.4. The Morgan fingerprint density at radius 3 is 3.00 bits per heavy atom. The van der Waals surface area contributed by atoms with E-state index in [9.17, 15) is 4.39 Å². The first-order chi connectivity index (χ1) is 6.16. The molecule has 0 aromatic heterocycles. The molecule has 1 nitrogen and oxygen atoms in total. The van der Waals surface area contributed by atoms with Crippen molar-refractivity contribution in [2.75, 3.05) is 0 Å². The van der Waals surface area contributed by atoms with E-state index in [4.69, 9.17) is 4.74 Å². The van der Waals surface area contributed by atoms with Gasteiger partial charge in [-0.25, -0.2) is 4.39 Å². The summed E-state index contributed by atoms with van der Waals surface area (Å²) in [5.74, 6) is 0.242. The summed E-state index contributed by atoms with van der Waals surface area (Å²) in [4.78, 5) is 0. The number of hydrogen-bond donors (Lipinski definition) is 0. The van der Waals surface area contributed by atoms with E-state index in [0.29, 0.717) is 5.75 Å². The number of fused-ring (bicyclic) bond motifs is 1. The van der Waals surface area contributed by atoms with Gasteiger partial charge >= 0.3 is 0 Å². The van der Waals surface area contributed by atoms with E-state index >= 15 is 0 Å². The molecule has 1 heterocycles. The van der Waals surface area contributed by atoms with Gasteiger partial charge in [0.25, 0.3) is 0 Å². The summed E-state index contributed by atoms with van der Waals surface area (Å²) in [7, 11) is 0. The molecule has 1 aromatic rings. The largest absolute Gasteiger partial charge is 0.487 e. The van der Waals surface area contributed by atoms with Crippen molar-refractivity contribution in [3.63, 3.8) is 0 Å². The summed E-state index contributed by atoms with van der Waals surface area (Å²) in [6.45, 7) is 3.88. The molecule has 13 heavy (non-hydrogen) atoms. The first-order valence-corrected chi connectivity index (χ1v) is 4.62. The molecule has 0 spiro atoms. The lowest BCUT2D eigenvalue weighted by Crippen LogP contribution is -2.19. The second kappa shape index (κ2) is 3.02. The molecule has 1 aliphatic heterocycles. The monoisotopic (exact) mass is 180 g/mol. The molecule has 0 bridgehead atoms. The molecule has 0 amide bonds. The van der Waals surface area contributed by atoms with Crippen LogP contribution in [-0.4, -0.2) is 6.10 Å². The Hall–Kier alpha value is -1.05. The topological polar surface area (TPSA) is 9.23 Å². The fourth-order valence-electron chi connectivity index (χ4n) is 1.74. The Morgan fingerprint density at radius 2 is 2.23 bits per heavy atom. The summed E-state index contributed by atoms with van der Waals surface area (Å²) < 4.78 is 18.8. The molecule has 1 atom stereocenters. The van der Waals surface area contributed by atoms with Crippen LogP contribution in [-0.2, 0) is 6.42 Å². The lowest BCUT2D eigenvalue weighted by atomic mass is 10.0. The van der Waals surface area contributed by atoms with Crippen molar-refractivity contribution >= 4 is 0 Å². The molecule has 0 aliphatic carbocycles. The molecule has 2 rings (SSSR count). The van der Waals surface area contributed by atoms with Crippen molar-refractivity contribution in [2.24, 2.45) is 0 Å². The number of benzene rings is 1. The normalized spacial score (nSPS) is 20.7. The van der Waals surface area contributed by atoms with Crippen molar-refractivity contribution in [3.8, 4) is 5.75 Å². The van der Waals surface area contributed by atoms with E-state index in [1.54, 1.807) is 0 Å². The standard InChI is InChI=1S/C11H13FO/c1-7-5-9-4-3-8(2)13-11(9)10(12)6-7/h5-6,8H,3-4H2,1-2H3. The minimum absolute atomic E-state index is 0.143. The maximum atomic E-state index is 13.4. The van der Waals surface area contributed by atoms with E-state index in [0.717, 1.165) is 24.0 Å². The SMILES string of the molecule is Cc1cc(F)c2c(c1)CCC(C)O2. The van der Waals surface area contributed by atoms with Gasteiger partial charge in [-0.3, -0.25) is 0 Å². The number of ether oxygens (including phenoxy) is 1. The Bertz CT molecular complexity index is 333. The van der Waals surface area contributed by atoms with Crippen LogP contribution < -0.4 is 4.74 Å². The Labute approximate surface area is 77.5 Å². The zero-order valence-corrected chi connectivity index (χ0v) is 7.93. The van der Waals surface area contributed by atoms with Gasteiger partial charge < -0.3 is 4.74 Å². The van der Waals surface area contributed by atoms with Gasteiger partial charge in [-0.2, -0.15) is 0 Å². The van der Waals surface area contributed by atoms with E-state index in [1.165, 1.54) is 6.07 Å². The molecular formula is C11H13FO. The fraction of sp³-hybridized carbons (Fsp3) is 0.455. The third kappa shape index (κ3) is 1.53. The summed E-state index contributed by atoms with van der Waals surface area (Å²) in [6.07, 6.45) is 2.05. The van der Waals surface area contributed by atoms with Crippen molar-refractivity contribution in [2.45, 2.75) is 32.8 Å². The molecule has 0 N–H and O–H groups in total. The Balaban J connectivity index is 2.47. The van der Waals surface area contributed by atoms with E-state index in [1.807, 2.05) is 19.9 Å². The lowest BCUT2D eigenvalue weighted by Gasteiger charge is -2.23. The van der Waals surface area contributed by atoms with Gasteiger partial charge in [-0.1, -0.05) is 6.07 Å². The summed E-state index contributed by atoms with van der Waals surface area (Å²) >= 11 is 0. The smallest absolute Gasteiger partial charge is 0.165 e. The predicted molar refractivity (Wildman–Crippen MR) is 49.5 cm³/mol. The van der Waals surface area contributed by atoms with Crippen LogP contribution in [0.3, 0.4) is 0 Å². The van der Waals surface area contributed by atoms with Crippen molar-refractivity contribution in [1.82, 2.24) is 0 Å². The van der Waals surface area contributed by atoms with Gasteiger partial charge in [0, 0.05) is 0 Å². The molecule has 1 unspecified atom stereocenters. The molecular weight excluding hydrogens is 167 g/mol. The first-order valence-electron chi connectivity index (χ1n) is 4.62. The first kappa shape index (κ1) is 8.54. The molecule has 70 valence electrons. The highest BCUT2D eigenvalue weighted by Crippen LogP contribution is 2.31. The third-order valence-corrected chi connectivity index (χ3v) is 2.40. The van der Waals surface area contributed by atoms with Gasteiger partial charge in [0.05, 0.1) is 6.10 Å². The van der Waals surface area contributed by atoms with Gasteiger partial charge in [-0.15, -0.1) is 0 Å². The summed E-state index contributed by atoms with van der Waals surface area (Å²) in [5, 5.41) is 0. The van der Waals surface area contributed by atoms with E-state index in [-0.39, 0.29) is 11.9 Å². The molecule has 0 saturated heterocycles. The third-order valence-electron chi connectivity index (χ3n) is 2.40.